The van der Waals surface area contributed by atoms with Crippen molar-refractivity contribution in [3.63, 3.8) is 0 Å². The van der Waals surface area contributed by atoms with Crippen LogP contribution in [0.5, 0.6) is 0 Å². The van der Waals surface area contributed by atoms with Gasteiger partial charge in [0, 0.05) is 33.7 Å². The summed E-state index contributed by atoms with van der Waals surface area (Å²) in [6.07, 6.45) is 1.28. The van der Waals surface area contributed by atoms with Gasteiger partial charge in [-0.2, -0.15) is 0 Å². The summed E-state index contributed by atoms with van der Waals surface area (Å²) in [6.45, 7) is 7.58. The first-order valence-electron chi connectivity index (χ1n) is 7.53. The van der Waals surface area contributed by atoms with E-state index in [-0.39, 0.29) is 0 Å². The third kappa shape index (κ3) is 4.05. The maximum absolute atomic E-state index is 12.2. The summed E-state index contributed by atoms with van der Waals surface area (Å²) >= 11 is 0. The van der Waals surface area contributed by atoms with Gasteiger partial charge >= 0.3 is 0 Å². The predicted octanol–water partition coefficient (Wildman–Crippen LogP) is 2.41. The smallest absolute Gasteiger partial charge is 0.242 e. The molecule has 0 saturated carbocycles. The van der Waals surface area contributed by atoms with Crippen molar-refractivity contribution in [1.82, 2.24) is 9.21 Å². The van der Waals surface area contributed by atoms with Gasteiger partial charge < -0.3 is 0 Å². The minimum Gasteiger partial charge on any atom is -0.299 e. The van der Waals surface area contributed by atoms with E-state index in [1.54, 1.807) is 26.2 Å². The molecule has 1 aromatic rings. The van der Waals surface area contributed by atoms with E-state index >= 15 is 0 Å². The van der Waals surface area contributed by atoms with Gasteiger partial charge in [-0.3, -0.25) is 4.90 Å². The fraction of sp³-hybridized carbons (Fsp3) is 0.625. The Kier molecular flexibility index (Phi) is 5.07. The van der Waals surface area contributed by atoms with Gasteiger partial charge in [0.15, 0.2) is 0 Å². The number of sulfonamides is 1. The minimum absolute atomic E-state index is 0.378. The molecule has 1 saturated heterocycles. The van der Waals surface area contributed by atoms with Crippen LogP contribution in [0, 0.1) is 11.8 Å². The monoisotopic (exact) mass is 310 g/mol. The van der Waals surface area contributed by atoms with Gasteiger partial charge in [0.25, 0.3) is 0 Å². The second-order valence-corrected chi connectivity index (χ2v) is 8.73. The lowest BCUT2D eigenvalue weighted by molar-refractivity contribution is 0.134. The van der Waals surface area contributed by atoms with Gasteiger partial charge in [-0.05, 0) is 36.0 Å². The third-order valence-electron chi connectivity index (χ3n) is 4.03. The summed E-state index contributed by atoms with van der Waals surface area (Å²) < 4.78 is 25.6. The molecular formula is C16H26N2O2S. The molecule has 1 aliphatic heterocycles. The van der Waals surface area contributed by atoms with Crippen molar-refractivity contribution >= 4 is 10.0 Å². The first kappa shape index (κ1) is 16.5. The Hall–Kier alpha value is -0.910. The maximum atomic E-state index is 12.2. The Morgan fingerprint density at radius 3 is 2.38 bits per heavy atom. The molecule has 118 valence electrons. The Bertz CT molecular complexity index is 574. The van der Waals surface area contributed by atoms with Crippen LogP contribution in [0.3, 0.4) is 0 Å². The third-order valence-corrected chi connectivity index (χ3v) is 5.84. The summed E-state index contributed by atoms with van der Waals surface area (Å²) in [6, 6.07) is 7.32. The molecule has 4 nitrogen and oxygen atoms in total. The van der Waals surface area contributed by atoms with E-state index in [9.17, 15) is 8.42 Å². The number of hydrogen-bond donors (Lipinski definition) is 0. The van der Waals surface area contributed by atoms with Gasteiger partial charge in [-0.15, -0.1) is 0 Å². The number of nitrogens with zero attached hydrogens (tertiary/aromatic N) is 2. The molecule has 1 heterocycles. The van der Waals surface area contributed by atoms with E-state index in [1.807, 2.05) is 12.1 Å². The van der Waals surface area contributed by atoms with Crippen molar-refractivity contribution in [2.75, 3.05) is 27.2 Å². The first-order valence-corrected chi connectivity index (χ1v) is 8.97. The number of piperidine rings is 1. The lowest BCUT2D eigenvalue weighted by atomic mass is 9.91. The maximum Gasteiger partial charge on any atom is 0.242 e. The Balaban J connectivity index is 2.15. The molecule has 0 N–H and O–H groups in total. The second kappa shape index (κ2) is 6.46. The molecule has 21 heavy (non-hydrogen) atoms. The lowest BCUT2D eigenvalue weighted by Gasteiger charge is -2.35. The average molecular weight is 310 g/mol. The van der Waals surface area contributed by atoms with Crippen LogP contribution in [0.4, 0.5) is 0 Å². The van der Waals surface area contributed by atoms with Crippen LogP contribution in [0.15, 0.2) is 29.2 Å². The zero-order valence-electron chi connectivity index (χ0n) is 13.4. The molecule has 5 heteroatoms. The van der Waals surface area contributed by atoms with Crippen LogP contribution >= 0.6 is 0 Å². The molecule has 1 aromatic carbocycles. The highest BCUT2D eigenvalue weighted by molar-refractivity contribution is 7.89. The number of hydrogen-bond acceptors (Lipinski definition) is 3. The van der Waals surface area contributed by atoms with Crippen molar-refractivity contribution in [3.05, 3.63) is 29.8 Å². The van der Waals surface area contributed by atoms with E-state index < -0.39 is 10.0 Å². The van der Waals surface area contributed by atoms with Gasteiger partial charge in [-0.1, -0.05) is 26.0 Å². The Morgan fingerprint density at radius 1 is 1.19 bits per heavy atom. The van der Waals surface area contributed by atoms with Crippen LogP contribution in [0.2, 0.25) is 0 Å². The molecule has 0 spiro atoms. The predicted molar refractivity (Wildman–Crippen MR) is 85.5 cm³/mol. The van der Waals surface area contributed by atoms with Crippen molar-refractivity contribution in [2.24, 2.45) is 11.8 Å². The molecule has 0 aromatic heterocycles. The zero-order chi connectivity index (χ0) is 15.6. The molecule has 1 aliphatic rings. The number of likely N-dealkylation sites (tertiary alicyclic amines) is 1. The van der Waals surface area contributed by atoms with E-state index in [0.29, 0.717) is 16.7 Å². The van der Waals surface area contributed by atoms with Crippen LogP contribution in [0.25, 0.3) is 0 Å². The summed E-state index contributed by atoms with van der Waals surface area (Å²) in [5.41, 5.74) is 1.07. The summed E-state index contributed by atoms with van der Waals surface area (Å²) in [4.78, 5) is 2.81. The Labute approximate surface area is 128 Å². The highest BCUT2D eigenvalue weighted by atomic mass is 32.2. The van der Waals surface area contributed by atoms with Crippen LogP contribution in [-0.2, 0) is 16.6 Å². The van der Waals surface area contributed by atoms with E-state index in [4.69, 9.17) is 0 Å². The van der Waals surface area contributed by atoms with Crippen LogP contribution < -0.4 is 0 Å². The van der Waals surface area contributed by atoms with E-state index in [1.165, 1.54) is 10.7 Å². The first-order chi connectivity index (χ1) is 9.79. The average Bonchev–Trinajstić information content (AvgIpc) is 2.37. The van der Waals surface area contributed by atoms with Gasteiger partial charge in [0.05, 0.1) is 4.90 Å². The fourth-order valence-corrected chi connectivity index (χ4v) is 4.17. The second-order valence-electron chi connectivity index (χ2n) is 6.57. The quantitative estimate of drug-likeness (QED) is 0.857. The van der Waals surface area contributed by atoms with E-state index in [2.05, 4.69) is 18.7 Å². The zero-order valence-corrected chi connectivity index (χ0v) is 14.2. The van der Waals surface area contributed by atoms with Crippen molar-refractivity contribution in [2.45, 2.75) is 31.7 Å². The fourth-order valence-electron chi connectivity index (χ4n) is 3.19. The molecule has 0 aliphatic carbocycles. The van der Waals surface area contributed by atoms with E-state index in [0.717, 1.165) is 25.2 Å². The number of benzene rings is 1. The largest absolute Gasteiger partial charge is 0.299 e. The molecule has 0 bridgehead atoms. The molecule has 0 radical (unpaired) electrons. The van der Waals surface area contributed by atoms with Gasteiger partial charge in [0.2, 0.25) is 10.0 Å². The highest BCUT2D eigenvalue weighted by Crippen LogP contribution is 2.23. The van der Waals surface area contributed by atoms with Gasteiger partial charge in [0.1, 0.15) is 0 Å². The number of rotatable bonds is 4. The summed E-state index contributed by atoms with van der Waals surface area (Å²) in [5, 5.41) is 0. The highest BCUT2D eigenvalue weighted by Gasteiger charge is 2.22. The normalized spacial score (nSPS) is 24.4. The van der Waals surface area contributed by atoms with Crippen molar-refractivity contribution in [3.8, 4) is 0 Å². The van der Waals surface area contributed by atoms with Gasteiger partial charge in [-0.25, -0.2) is 12.7 Å². The Morgan fingerprint density at radius 2 is 1.81 bits per heavy atom. The van der Waals surface area contributed by atoms with Crippen molar-refractivity contribution < 1.29 is 8.42 Å². The lowest BCUT2D eigenvalue weighted by Crippen LogP contribution is -2.38. The van der Waals surface area contributed by atoms with Crippen molar-refractivity contribution in [1.29, 1.82) is 0 Å². The molecule has 1 fully saturated rings. The van der Waals surface area contributed by atoms with Crippen LogP contribution in [0.1, 0.15) is 25.8 Å². The summed E-state index contributed by atoms with van der Waals surface area (Å²) in [5.74, 6) is 1.42. The molecular weight excluding hydrogens is 284 g/mol. The molecule has 2 unspecified atom stereocenters. The minimum atomic E-state index is -3.35. The topological polar surface area (TPSA) is 40.6 Å². The molecule has 2 atom stereocenters. The SMILES string of the molecule is CC1CC(C)CN(Cc2cccc(S(=O)(=O)N(C)C)c2)C1. The summed E-state index contributed by atoms with van der Waals surface area (Å²) in [7, 11) is -0.216. The standard InChI is InChI=1S/C16H26N2O2S/c1-13-8-14(2)11-18(10-13)12-15-6-5-7-16(9-15)21(19,20)17(3)4/h5-7,9,13-14H,8,10-12H2,1-4H3. The molecule has 2 rings (SSSR count). The van der Waals surface area contributed by atoms with Crippen LogP contribution in [-0.4, -0.2) is 44.8 Å². The molecule has 0 amide bonds.